The lowest BCUT2D eigenvalue weighted by molar-refractivity contribution is 0.148. The van der Waals surface area contributed by atoms with Gasteiger partial charge in [0.05, 0.1) is 18.1 Å². The first kappa shape index (κ1) is 12.7. The normalized spacial score (nSPS) is 14.1. The van der Waals surface area contributed by atoms with E-state index < -0.39 is 12.0 Å². The van der Waals surface area contributed by atoms with E-state index in [1.165, 1.54) is 0 Å². The summed E-state index contributed by atoms with van der Waals surface area (Å²) in [7, 11) is 0. The molecule has 16 heavy (non-hydrogen) atoms. The molecule has 0 aliphatic heterocycles. The molecule has 0 bridgehead atoms. The molecule has 0 aromatic heterocycles. The average molecular weight is 217 g/mol. The first-order valence-electron chi connectivity index (χ1n) is 5.83. The van der Waals surface area contributed by atoms with Gasteiger partial charge in [-0.1, -0.05) is 49.6 Å². The van der Waals surface area contributed by atoms with Crippen LogP contribution in [0.5, 0.6) is 0 Å². The van der Waals surface area contributed by atoms with Crippen molar-refractivity contribution in [2.45, 2.75) is 45.1 Å². The number of hydrogen-bond donors (Lipinski definition) is 1. The Balaban J connectivity index is 2.78. The van der Waals surface area contributed by atoms with Crippen LogP contribution in [-0.4, -0.2) is 11.2 Å². The van der Waals surface area contributed by atoms with Crippen LogP contribution in [0.15, 0.2) is 24.3 Å². The summed E-state index contributed by atoms with van der Waals surface area (Å²) >= 11 is 0. The molecule has 2 nitrogen and oxygen atoms in total. The van der Waals surface area contributed by atoms with Crippen molar-refractivity contribution in [3.63, 3.8) is 0 Å². The Morgan fingerprint density at radius 1 is 1.44 bits per heavy atom. The van der Waals surface area contributed by atoms with Crippen molar-refractivity contribution in [1.82, 2.24) is 0 Å². The molecule has 0 saturated carbocycles. The van der Waals surface area contributed by atoms with E-state index >= 15 is 0 Å². The molecule has 2 unspecified atom stereocenters. The number of benzene rings is 1. The Hall–Kier alpha value is -1.33. The van der Waals surface area contributed by atoms with E-state index in [-0.39, 0.29) is 0 Å². The van der Waals surface area contributed by atoms with E-state index in [4.69, 9.17) is 5.26 Å². The molecule has 1 N–H and O–H groups in total. The molecule has 1 aromatic carbocycles. The monoisotopic (exact) mass is 217 g/mol. The molecule has 0 aliphatic rings. The maximum atomic E-state index is 9.96. The largest absolute Gasteiger partial charge is 0.391 e. The highest BCUT2D eigenvalue weighted by atomic mass is 16.3. The van der Waals surface area contributed by atoms with Crippen LogP contribution in [0.1, 0.15) is 43.2 Å². The van der Waals surface area contributed by atoms with Gasteiger partial charge in [0.2, 0.25) is 0 Å². The molecule has 0 amide bonds. The molecule has 86 valence electrons. The summed E-state index contributed by atoms with van der Waals surface area (Å²) in [5.74, 6) is -0.397. The van der Waals surface area contributed by atoms with Gasteiger partial charge in [-0.3, -0.25) is 0 Å². The summed E-state index contributed by atoms with van der Waals surface area (Å²) < 4.78 is 0. The second-order valence-corrected chi connectivity index (χ2v) is 4.23. The van der Waals surface area contributed by atoms with Crippen LogP contribution in [0.2, 0.25) is 0 Å². The van der Waals surface area contributed by atoms with Crippen LogP contribution in [-0.2, 0) is 0 Å². The van der Waals surface area contributed by atoms with Gasteiger partial charge in [0.1, 0.15) is 0 Å². The number of nitrogens with zero attached hydrogens (tertiary/aromatic N) is 1. The number of nitriles is 1. The number of hydrogen-bond acceptors (Lipinski definition) is 2. The summed E-state index contributed by atoms with van der Waals surface area (Å²) in [6, 6.07) is 10.0. The molecule has 1 rings (SSSR count). The highest BCUT2D eigenvalue weighted by Gasteiger charge is 2.20. The van der Waals surface area contributed by atoms with Crippen molar-refractivity contribution in [2.24, 2.45) is 0 Å². The number of aryl methyl sites for hydroxylation is 1. The van der Waals surface area contributed by atoms with E-state index in [2.05, 4.69) is 13.0 Å². The molecule has 0 aliphatic carbocycles. The zero-order valence-electron chi connectivity index (χ0n) is 9.98. The quantitative estimate of drug-likeness (QED) is 0.823. The van der Waals surface area contributed by atoms with E-state index in [1.54, 1.807) is 0 Å². The fourth-order valence-corrected chi connectivity index (χ4v) is 1.83. The molecule has 0 fully saturated rings. The average Bonchev–Trinajstić information content (AvgIpc) is 2.27. The van der Waals surface area contributed by atoms with E-state index in [1.807, 2.05) is 31.2 Å². The molecule has 2 atom stereocenters. The number of rotatable bonds is 5. The number of unbranched alkanes of at least 4 members (excludes halogenated alkanes) is 1. The van der Waals surface area contributed by atoms with Crippen molar-refractivity contribution in [3.05, 3.63) is 35.4 Å². The summed E-state index contributed by atoms with van der Waals surface area (Å²) in [6.45, 7) is 4.08. The van der Waals surface area contributed by atoms with Gasteiger partial charge in [0.25, 0.3) is 0 Å². The van der Waals surface area contributed by atoms with Crippen molar-refractivity contribution >= 4 is 0 Å². The Labute approximate surface area is 97.5 Å². The minimum atomic E-state index is -0.549. The van der Waals surface area contributed by atoms with Gasteiger partial charge in [-0.2, -0.15) is 5.26 Å². The zero-order valence-corrected chi connectivity index (χ0v) is 9.98. The lowest BCUT2D eigenvalue weighted by Gasteiger charge is -2.17. The zero-order chi connectivity index (χ0) is 12.0. The van der Waals surface area contributed by atoms with Gasteiger partial charge >= 0.3 is 0 Å². The summed E-state index contributed by atoms with van der Waals surface area (Å²) in [5, 5.41) is 19.1. The van der Waals surface area contributed by atoms with Crippen LogP contribution >= 0.6 is 0 Å². The van der Waals surface area contributed by atoms with Crippen LogP contribution in [0.3, 0.4) is 0 Å². The molecule has 0 spiro atoms. The van der Waals surface area contributed by atoms with Crippen molar-refractivity contribution < 1.29 is 5.11 Å². The number of aliphatic hydroxyl groups is 1. The third kappa shape index (κ3) is 3.36. The SMILES string of the molecule is CCCCC(O)C(C#N)c1cccc(C)c1. The van der Waals surface area contributed by atoms with Crippen molar-refractivity contribution in [1.29, 1.82) is 5.26 Å². The minimum Gasteiger partial charge on any atom is -0.391 e. The second kappa shape index (κ2) is 6.30. The van der Waals surface area contributed by atoms with Gasteiger partial charge in [0, 0.05) is 0 Å². The van der Waals surface area contributed by atoms with E-state index in [0.717, 1.165) is 24.0 Å². The molecule has 1 aromatic rings. The Morgan fingerprint density at radius 3 is 2.75 bits per heavy atom. The predicted octanol–water partition coefficient (Wildman–Crippen LogP) is 3.15. The Morgan fingerprint density at radius 2 is 2.19 bits per heavy atom. The maximum absolute atomic E-state index is 9.96. The topological polar surface area (TPSA) is 44.0 Å². The van der Waals surface area contributed by atoms with Gasteiger partial charge in [-0.15, -0.1) is 0 Å². The molecular formula is C14H19NO. The van der Waals surface area contributed by atoms with Crippen molar-refractivity contribution in [2.75, 3.05) is 0 Å². The predicted molar refractivity (Wildman–Crippen MR) is 65.1 cm³/mol. The first-order valence-corrected chi connectivity index (χ1v) is 5.83. The minimum absolute atomic E-state index is 0.397. The first-order chi connectivity index (χ1) is 7.69. The van der Waals surface area contributed by atoms with Crippen LogP contribution < -0.4 is 0 Å². The van der Waals surface area contributed by atoms with Crippen molar-refractivity contribution in [3.8, 4) is 6.07 Å². The third-order valence-electron chi connectivity index (χ3n) is 2.78. The fraction of sp³-hybridized carbons (Fsp3) is 0.500. The van der Waals surface area contributed by atoms with Crippen LogP contribution in [0.25, 0.3) is 0 Å². The molecular weight excluding hydrogens is 198 g/mol. The Kier molecular flexibility index (Phi) is 5.01. The Bertz CT molecular complexity index is 367. The smallest absolute Gasteiger partial charge is 0.0971 e. The number of aliphatic hydroxyl groups excluding tert-OH is 1. The van der Waals surface area contributed by atoms with Gasteiger partial charge in [-0.25, -0.2) is 0 Å². The fourth-order valence-electron chi connectivity index (χ4n) is 1.83. The maximum Gasteiger partial charge on any atom is 0.0971 e. The van der Waals surface area contributed by atoms with Gasteiger partial charge in [-0.05, 0) is 18.9 Å². The summed E-state index contributed by atoms with van der Waals surface area (Å²) in [4.78, 5) is 0. The summed E-state index contributed by atoms with van der Waals surface area (Å²) in [6.07, 6.45) is 2.16. The summed E-state index contributed by atoms with van der Waals surface area (Å²) in [5.41, 5.74) is 2.05. The van der Waals surface area contributed by atoms with E-state index in [0.29, 0.717) is 6.42 Å². The van der Waals surface area contributed by atoms with Crippen LogP contribution in [0.4, 0.5) is 0 Å². The molecule has 0 saturated heterocycles. The van der Waals surface area contributed by atoms with E-state index in [9.17, 15) is 5.11 Å². The molecule has 0 radical (unpaired) electrons. The second-order valence-electron chi connectivity index (χ2n) is 4.23. The molecule has 0 heterocycles. The third-order valence-corrected chi connectivity index (χ3v) is 2.78. The van der Waals surface area contributed by atoms with Gasteiger partial charge in [0.15, 0.2) is 0 Å². The standard InChI is InChI=1S/C14H19NO/c1-3-4-8-14(16)13(10-15)12-7-5-6-11(2)9-12/h5-7,9,13-14,16H,3-4,8H2,1-2H3. The highest BCUT2D eigenvalue weighted by Crippen LogP contribution is 2.23. The highest BCUT2D eigenvalue weighted by molar-refractivity contribution is 5.30. The molecule has 2 heteroatoms. The lowest BCUT2D eigenvalue weighted by Crippen LogP contribution is -2.17. The lowest BCUT2D eigenvalue weighted by atomic mass is 9.91. The van der Waals surface area contributed by atoms with Crippen LogP contribution in [0, 0.1) is 18.3 Å². The van der Waals surface area contributed by atoms with Gasteiger partial charge < -0.3 is 5.11 Å².